The van der Waals surface area contributed by atoms with Crippen molar-refractivity contribution in [2.75, 3.05) is 0 Å². The number of nitrogens with zero attached hydrogens (tertiary/aromatic N) is 1. The summed E-state index contributed by atoms with van der Waals surface area (Å²) in [5.41, 5.74) is -0.275. The van der Waals surface area contributed by atoms with Gasteiger partial charge >= 0.3 is 0 Å². The van der Waals surface area contributed by atoms with Crippen LogP contribution in [0, 0.1) is 17.7 Å². The Morgan fingerprint density at radius 3 is 2.42 bits per heavy atom. The molecule has 2 nitrogen and oxygen atoms in total. The molecular formula is C16H24FNO. The third-order valence-electron chi connectivity index (χ3n) is 4.81. The summed E-state index contributed by atoms with van der Waals surface area (Å²) in [6.45, 7) is 4.22. The number of rotatable bonds is 4. The summed E-state index contributed by atoms with van der Waals surface area (Å²) in [7, 11) is 0. The van der Waals surface area contributed by atoms with Crippen molar-refractivity contribution in [3.63, 3.8) is 0 Å². The Labute approximate surface area is 115 Å². The Kier molecular flexibility index (Phi) is 4.56. The van der Waals surface area contributed by atoms with E-state index in [4.69, 9.17) is 0 Å². The summed E-state index contributed by atoms with van der Waals surface area (Å²) in [5, 5.41) is 11.0. The number of pyridine rings is 1. The van der Waals surface area contributed by atoms with E-state index >= 15 is 0 Å². The van der Waals surface area contributed by atoms with E-state index < -0.39 is 5.60 Å². The molecule has 1 fully saturated rings. The molecule has 1 aromatic rings. The number of hydrogen-bond acceptors (Lipinski definition) is 2. The van der Waals surface area contributed by atoms with Crippen LogP contribution in [-0.2, 0) is 5.60 Å². The molecule has 1 aliphatic rings. The Bertz CT molecular complexity index is 398. The van der Waals surface area contributed by atoms with E-state index in [2.05, 4.69) is 11.9 Å². The van der Waals surface area contributed by atoms with E-state index in [0.29, 0.717) is 12.1 Å². The summed E-state index contributed by atoms with van der Waals surface area (Å²) in [4.78, 5) is 4.11. The summed E-state index contributed by atoms with van der Waals surface area (Å²) < 4.78 is 13.0. The molecule has 0 aromatic carbocycles. The third kappa shape index (κ3) is 2.97. The first kappa shape index (κ1) is 14.4. The van der Waals surface area contributed by atoms with Crippen LogP contribution in [0.25, 0.3) is 0 Å². The van der Waals surface area contributed by atoms with Crippen molar-refractivity contribution in [2.45, 2.75) is 58.0 Å². The minimum atomic E-state index is -0.896. The van der Waals surface area contributed by atoms with Gasteiger partial charge in [-0.2, -0.15) is 0 Å². The summed E-state index contributed by atoms with van der Waals surface area (Å²) in [5.74, 6) is 0.702. The molecule has 1 N–H and O–H groups in total. The fourth-order valence-electron chi connectivity index (χ4n) is 3.36. The second kappa shape index (κ2) is 6.00. The molecule has 2 rings (SSSR count). The van der Waals surface area contributed by atoms with Crippen LogP contribution in [0.4, 0.5) is 4.39 Å². The van der Waals surface area contributed by atoms with Crippen molar-refractivity contribution in [3.05, 3.63) is 29.8 Å². The second-order valence-electron chi connectivity index (χ2n) is 5.77. The first-order valence-electron chi connectivity index (χ1n) is 7.44. The molecule has 0 spiro atoms. The van der Waals surface area contributed by atoms with E-state index in [-0.39, 0.29) is 11.7 Å². The lowest BCUT2D eigenvalue weighted by molar-refractivity contribution is -0.0510. The molecular weight excluding hydrogens is 241 g/mol. The van der Waals surface area contributed by atoms with Gasteiger partial charge in [0, 0.05) is 0 Å². The highest BCUT2D eigenvalue weighted by Crippen LogP contribution is 2.42. The quantitative estimate of drug-likeness (QED) is 0.891. The van der Waals surface area contributed by atoms with Gasteiger partial charge in [0.05, 0.1) is 11.9 Å². The molecule has 1 atom stereocenters. The van der Waals surface area contributed by atoms with Gasteiger partial charge in [-0.3, -0.25) is 4.98 Å². The molecule has 0 aliphatic heterocycles. The monoisotopic (exact) mass is 265 g/mol. The molecule has 1 aromatic heterocycles. The normalized spacial score (nSPS) is 26.9. The smallest absolute Gasteiger partial charge is 0.141 e. The molecule has 3 heteroatoms. The number of halogens is 1. The fourth-order valence-corrected chi connectivity index (χ4v) is 3.36. The highest BCUT2D eigenvalue weighted by Gasteiger charge is 2.39. The largest absolute Gasteiger partial charge is 0.383 e. The molecule has 1 saturated carbocycles. The maximum Gasteiger partial charge on any atom is 0.141 e. The average molecular weight is 265 g/mol. The van der Waals surface area contributed by atoms with Crippen LogP contribution in [0.2, 0.25) is 0 Å². The van der Waals surface area contributed by atoms with Gasteiger partial charge in [-0.05, 0) is 43.2 Å². The zero-order valence-electron chi connectivity index (χ0n) is 11.9. The van der Waals surface area contributed by atoms with Crippen LogP contribution in [-0.4, -0.2) is 10.1 Å². The van der Waals surface area contributed by atoms with E-state index in [1.165, 1.54) is 31.5 Å². The van der Waals surface area contributed by atoms with Crippen LogP contribution >= 0.6 is 0 Å². The molecule has 0 amide bonds. The Morgan fingerprint density at radius 1 is 1.26 bits per heavy atom. The van der Waals surface area contributed by atoms with E-state index in [9.17, 15) is 9.50 Å². The predicted octanol–water partition coefficient (Wildman–Crippen LogP) is 4.03. The fraction of sp³-hybridized carbons (Fsp3) is 0.688. The summed E-state index contributed by atoms with van der Waals surface area (Å²) >= 11 is 0. The highest BCUT2D eigenvalue weighted by atomic mass is 19.1. The molecule has 19 heavy (non-hydrogen) atoms. The molecule has 0 bridgehead atoms. The van der Waals surface area contributed by atoms with Gasteiger partial charge in [0.2, 0.25) is 0 Å². The molecule has 0 saturated heterocycles. The topological polar surface area (TPSA) is 33.1 Å². The number of aliphatic hydroxyl groups is 1. The summed E-state index contributed by atoms with van der Waals surface area (Å²) in [6, 6.07) is 3.02. The van der Waals surface area contributed by atoms with Crippen LogP contribution < -0.4 is 0 Å². The first-order chi connectivity index (χ1) is 9.10. The van der Waals surface area contributed by atoms with E-state index in [1.54, 1.807) is 6.07 Å². The standard InChI is InChI=1S/C16H24FNO/c1-3-12-5-7-13(8-6-12)16(19,4-2)15-10-9-14(17)11-18-15/h9-13,19H,3-8H2,1-2H3. The third-order valence-corrected chi connectivity index (χ3v) is 4.81. The lowest BCUT2D eigenvalue weighted by Gasteiger charge is -2.39. The van der Waals surface area contributed by atoms with Crippen molar-refractivity contribution in [1.82, 2.24) is 4.98 Å². The summed E-state index contributed by atoms with van der Waals surface area (Å²) in [6.07, 6.45) is 7.52. The maximum absolute atomic E-state index is 13.0. The van der Waals surface area contributed by atoms with Crippen molar-refractivity contribution >= 4 is 0 Å². The second-order valence-corrected chi connectivity index (χ2v) is 5.77. The number of hydrogen-bond donors (Lipinski definition) is 1. The van der Waals surface area contributed by atoms with Gasteiger partial charge in [0.25, 0.3) is 0 Å². The molecule has 1 heterocycles. The van der Waals surface area contributed by atoms with Crippen molar-refractivity contribution in [1.29, 1.82) is 0 Å². The van der Waals surface area contributed by atoms with E-state index in [0.717, 1.165) is 18.8 Å². The van der Waals surface area contributed by atoms with E-state index in [1.807, 2.05) is 6.92 Å². The molecule has 1 aliphatic carbocycles. The minimum absolute atomic E-state index is 0.248. The van der Waals surface area contributed by atoms with Crippen LogP contribution in [0.5, 0.6) is 0 Å². The number of aromatic nitrogens is 1. The highest BCUT2D eigenvalue weighted by molar-refractivity contribution is 5.15. The Balaban J connectivity index is 2.16. The Morgan fingerprint density at radius 2 is 1.95 bits per heavy atom. The predicted molar refractivity (Wildman–Crippen MR) is 74.1 cm³/mol. The SMILES string of the molecule is CCC1CCC(C(O)(CC)c2ccc(F)cn2)CC1. The maximum atomic E-state index is 13.0. The van der Waals surface area contributed by atoms with Crippen molar-refractivity contribution in [3.8, 4) is 0 Å². The molecule has 1 unspecified atom stereocenters. The zero-order valence-corrected chi connectivity index (χ0v) is 11.9. The van der Waals surface area contributed by atoms with Gasteiger partial charge in [-0.15, -0.1) is 0 Å². The van der Waals surface area contributed by atoms with Gasteiger partial charge in [-0.25, -0.2) is 4.39 Å². The first-order valence-corrected chi connectivity index (χ1v) is 7.44. The van der Waals surface area contributed by atoms with Gasteiger partial charge in [0.1, 0.15) is 11.4 Å². The van der Waals surface area contributed by atoms with Crippen LogP contribution in [0.3, 0.4) is 0 Å². The van der Waals surface area contributed by atoms with Crippen molar-refractivity contribution < 1.29 is 9.50 Å². The van der Waals surface area contributed by atoms with Crippen LogP contribution in [0.1, 0.15) is 58.1 Å². The zero-order chi connectivity index (χ0) is 13.9. The Hall–Kier alpha value is -0.960. The van der Waals surface area contributed by atoms with Crippen LogP contribution in [0.15, 0.2) is 18.3 Å². The lowest BCUT2D eigenvalue weighted by atomic mass is 9.70. The molecule has 106 valence electrons. The van der Waals surface area contributed by atoms with Gasteiger partial charge < -0.3 is 5.11 Å². The molecule has 0 radical (unpaired) electrons. The van der Waals surface area contributed by atoms with Gasteiger partial charge in [0.15, 0.2) is 0 Å². The van der Waals surface area contributed by atoms with Crippen molar-refractivity contribution in [2.24, 2.45) is 11.8 Å². The minimum Gasteiger partial charge on any atom is -0.383 e. The van der Waals surface area contributed by atoms with Gasteiger partial charge in [-0.1, -0.05) is 33.1 Å². The average Bonchev–Trinajstić information content (AvgIpc) is 2.47. The lowest BCUT2D eigenvalue weighted by Crippen LogP contribution is -2.37.